The fourth-order valence-electron chi connectivity index (χ4n) is 3.02. The molecule has 2 aliphatic heterocycles. The van der Waals surface area contributed by atoms with Gasteiger partial charge in [-0.15, -0.1) is 0 Å². The van der Waals surface area contributed by atoms with Gasteiger partial charge in [0.2, 0.25) is 0 Å². The summed E-state index contributed by atoms with van der Waals surface area (Å²) in [5.74, 6) is 0.649. The molecule has 3 fully saturated rings. The van der Waals surface area contributed by atoms with Gasteiger partial charge in [0.25, 0.3) is 0 Å². The smallest absolute Gasteiger partial charge is 0.410 e. The van der Waals surface area contributed by atoms with Crippen LogP contribution >= 0.6 is 0 Å². The molecule has 4 nitrogen and oxygen atoms in total. The van der Waals surface area contributed by atoms with E-state index in [1.165, 1.54) is 12.8 Å². The van der Waals surface area contributed by atoms with Crippen molar-refractivity contribution < 1.29 is 9.53 Å². The molecule has 1 saturated carbocycles. The molecule has 98 valence electrons. The first-order valence-corrected chi connectivity index (χ1v) is 6.57. The molecule has 3 aliphatic rings. The lowest BCUT2D eigenvalue weighted by Crippen LogP contribution is -2.64. The largest absolute Gasteiger partial charge is 0.444 e. The number of hydrogen-bond donors (Lipinski definition) is 1. The summed E-state index contributed by atoms with van der Waals surface area (Å²) in [7, 11) is 0. The van der Waals surface area contributed by atoms with Crippen LogP contribution in [0.5, 0.6) is 0 Å². The van der Waals surface area contributed by atoms with Gasteiger partial charge in [-0.25, -0.2) is 4.79 Å². The highest BCUT2D eigenvalue weighted by Crippen LogP contribution is 2.43. The minimum absolute atomic E-state index is 0.128. The first kappa shape index (κ1) is 12.7. The normalized spacial score (nSPS) is 32.7. The zero-order chi connectivity index (χ0) is 12.7. The van der Waals surface area contributed by atoms with Crippen molar-refractivity contribution in [3.63, 3.8) is 0 Å². The molecule has 1 amide bonds. The van der Waals surface area contributed by atoms with Crippen LogP contribution in [-0.4, -0.2) is 35.2 Å². The molecular formula is C13H24N2O2. The van der Waals surface area contributed by atoms with Crippen LogP contribution in [-0.2, 0) is 4.74 Å². The summed E-state index contributed by atoms with van der Waals surface area (Å²) in [4.78, 5) is 14.1. The Morgan fingerprint density at radius 1 is 1.41 bits per heavy atom. The molecular weight excluding hydrogens is 216 g/mol. The minimum Gasteiger partial charge on any atom is -0.444 e. The molecule has 2 bridgehead atoms. The fourth-order valence-corrected chi connectivity index (χ4v) is 3.02. The standard InChI is InChI=1S/C13H24N2O2/c1-12(2,3)17-11(16)15-8-10-4-6-13(15,9-14)7-5-10/h10H,4-9,14H2,1-3H3. The van der Waals surface area contributed by atoms with Gasteiger partial charge in [-0.2, -0.15) is 0 Å². The summed E-state index contributed by atoms with van der Waals surface area (Å²) in [5.41, 5.74) is 5.36. The molecule has 2 saturated heterocycles. The number of nitrogens with zero attached hydrogens (tertiary/aromatic N) is 1. The number of carbonyl (C=O) groups excluding carboxylic acids is 1. The Hall–Kier alpha value is -0.770. The number of amides is 1. The van der Waals surface area contributed by atoms with Gasteiger partial charge in [-0.05, 0) is 52.4 Å². The fraction of sp³-hybridized carbons (Fsp3) is 0.923. The van der Waals surface area contributed by atoms with Crippen molar-refractivity contribution in [1.82, 2.24) is 4.90 Å². The second-order valence-electron chi connectivity index (χ2n) is 6.46. The molecule has 4 heteroatoms. The van der Waals surface area contributed by atoms with Crippen molar-refractivity contribution in [3.05, 3.63) is 0 Å². The molecule has 2 N–H and O–H groups in total. The molecule has 0 atom stereocenters. The first-order valence-electron chi connectivity index (χ1n) is 6.57. The van der Waals surface area contributed by atoms with Gasteiger partial charge in [0, 0.05) is 13.1 Å². The topological polar surface area (TPSA) is 55.6 Å². The van der Waals surface area contributed by atoms with Gasteiger partial charge < -0.3 is 15.4 Å². The third kappa shape index (κ3) is 2.41. The third-order valence-corrected chi connectivity index (χ3v) is 4.04. The highest BCUT2D eigenvalue weighted by atomic mass is 16.6. The van der Waals surface area contributed by atoms with Crippen molar-refractivity contribution >= 4 is 6.09 Å². The summed E-state index contributed by atoms with van der Waals surface area (Å²) >= 11 is 0. The number of piperidine rings is 2. The molecule has 2 heterocycles. The van der Waals surface area contributed by atoms with E-state index in [-0.39, 0.29) is 11.6 Å². The molecule has 3 rings (SSSR count). The van der Waals surface area contributed by atoms with Crippen molar-refractivity contribution in [2.45, 2.75) is 57.6 Å². The Kier molecular flexibility index (Phi) is 3.10. The summed E-state index contributed by atoms with van der Waals surface area (Å²) in [6.07, 6.45) is 4.29. The number of ether oxygens (including phenoxy) is 1. The summed E-state index contributed by atoms with van der Waals surface area (Å²) < 4.78 is 5.49. The Labute approximate surface area is 103 Å². The number of nitrogens with two attached hydrogens (primary N) is 1. The van der Waals surface area contributed by atoms with E-state index in [1.54, 1.807) is 0 Å². The van der Waals surface area contributed by atoms with E-state index in [1.807, 2.05) is 25.7 Å². The van der Waals surface area contributed by atoms with E-state index in [9.17, 15) is 4.79 Å². The Morgan fingerprint density at radius 3 is 2.47 bits per heavy atom. The van der Waals surface area contributed by atoms with Gasteiger partial charge >= 0.3 is 6.09 Å². The van der Waals surface area contributed by atoms with Crippen molar-refractivity contribution in [2.24, 2.45) is 11.7 Å². The van der Waals surface area contributed by atoms with Crippen LogP contribution in [0, 0.1) is 5.92 Å². The predicted octanol–water partition coefficient (Wildman–Crippen LogP) is 2.12. The summed E-state index contributed by atoms with van der Waals surface area (Å²) in [6.45, 7) is 7.09. The zero-order valence-electron chi connectivity index (χ0n) is 11.2. The maximum absolute atomic E-state index is 12.2. The number of rotatable bonds is 1. The maximum Gasteiger partial charge on any atom is 0.410 e. The predicted molar refractivity (Wildman–Crippen MR) is 66.7 cm³/mol. The first-order chi connectivity index (χ1) is 7.86. The third-order valence-electron chi connectivity index (χ3n) is 4.04. The van der Waals surface area contributed by atoms with Gasteiger partial charge in [0.05, 0.1) is 5.54 Å². The Morgan fingerprint density at radius 2 is 2.00 bits per heavy atom. The van der Waals surface area contributed by atoms with Gasteiger partial charge in [0.15, 0.2) is 0 Å². The zero-order valence-corrected chi connectivity index (χ0v) is 11.2. The van der Waals surface area contributed by atoms with Crippen molar-refractivity contribution in [3.8, 4) is 0 Å². The van der Waals surface area contributed by atoms with Crippen LogP contribution in [0.4, 0.5) is 4.79 Å². The van der Waals surface area contributed by atoms with Crippen LogP contribution in [0.25, 0.3) is 0 Å². The highest BCUT2D eigenvalue weighted by molar-refractivity contribution is 5.69. The van der Waals surface area contributed by atoms with Crippen molar-refractivity contribution in [2.75, 3.05) is 13.1 Å². The molecule has 17 heavy (non-hydrogen) atoms. The van der Waals surface area contributed by atoms with E-state index in [0.29, 0.717) is 12.5 Å². The van der Waals surface area contributed by atoms with E-state index < -0.39 is 5.60 Å². The molecule has 0 aromatic heterocycles. The average Bonchev–Trinajstić information content (AvgIpc) is 2.28. The Bertz CT molecular complexity index is 301. The van der Waals surface area contributed by atoms with E-state index in [4.69, 9.17) is 10.5 Å². The quantitative estimate of drug-likeness (QED) is 0.764. The molecule has 0 unspecified atom stereocenters. The number of fused-ring (bicyclic) bond motifs is 3. The van der Waals surface area contributed by atoms with Gasteiger partial charge in [0.1, 0.15) is 5.60 Å². The lowest BCUT2D eigenvalue weighted by molar-refractivity contribution is -0.0497. The lowest BCUT2D eigenvalue weighted by Gasteiger charge is -2.53. The molecule has 0 aromatic rings. The summed E-state index contributed by atoms with van der Waals surface area (Å²) in [6, 6.07) is 0. The van der Waals surface area contributed by atoms with Crippen molar-refractivity contribution in [1.29, 1.82) is 0 Å². The second kappa shape index (κ2) is 4.16. The highest BCUT2D eigenvalue weighted by Gasteiger charge is 2.48. The van der Waals surface area contributed by atoms with Gasteiger partial charge in [-0.1, -0.05) is 0 Å². The van der Waals surface area contributed by atoms with Crippen LogP contribution in [0.3, 0.4) is 0 Å². The molecule has 0 radical (unpaired) electrons. The van der Waals surface area contributed by atoms with E-state index in [0.717, 1.165) is 19.4 Å². The number of hydrogen-bond acceptors (Lipinski definition) is 3. The van der Waals surface area contributed by atoms with Crippen LogP contribution in [0.15, 0.2) is 0 Å². The Balaban J connectivity index is 2.12. The van der Waals surface area contributed by atoms with Crippen LogP contribution in [0.1, 0.15) is 46.5 Å². The van der Waals surface area contributed by atoms with E-state index in [2.05, 4.69) is 0 Å². The maximum atomic E-state index is 12.2. The average molecular weight is 240 g/mol. The summed E-state index contributed by atoms with van der Waals surface area (Å²) in [5, 5.41) is 0. The van der Waals surface area contributed by atoms with Crippen LogP contribution < -0.4 is 5.73 Å². The van der Waals surface area contributed by atoms with Crippen LogP contribution in [0.2, 0.25) is 0 Å². The van der Waals surface area contributed by atoms with Gasteiger partial charge in [-0.3, -0.25) is 0 Å². The minimum atomic E-state index is -0.427. The second-order valence-corrected chi connectivity index (χ2v) is 6.46. The monoisotopic (exact) mass is 240 g/mol. The molecule has 1 aliphatic carbocycles. The lowest BCUT2D eigenvalue weighted by atomic mass is 9.70. The number of carbonyl (C=O) groups is 1. The molecule has 0 aromatic carbocycles. The molecule has 0 spiro atoms. The SMILES string of the molecule is CC(C)(C)OC(=O)N1CC2CCC1(CN)CC2. The van der Waals surface area contributed by atoms with E-state index >= 15 is 0 Å².